The van der Waals surface area contributed by atoms with Gasteiger partial charge in [-0.1, -0.05) is 12.1 Å². The molecule has 1 amide bonds. The zero-order chi connectivity index (χ0) is 16.5. The quantitative estimate of drug-likeness (QED) is 0.791. The molecule has 0 spiro atoms. The van der Waals surface area contributed by atoms with E-state index in [0.717, 1.165) is 37.4 Å². The van der Waals surface area contributed by atoms with E-state index in [2.05, 4.69) is 15.3 Å². The molecule has 1 aromatic carbocycles. The van der Waals surface area contributed by atoms with E-state index < -0.39 is 0 Å². The summed E-state index contributed by atoms with van der Waals surface area (Å²) in [6.07, 6.45) is 5.94. The molecule has 1 aliphatic carbocycles. The van der Waals surface area contributed by atoms with Crippen molar-refractivity contribution in [1.29, 1.82) is 0 Å². The lowest BCUT2D eigenvalue weighted by Crippen LogP contribution is -2.16. The van der Waals surface area contributed by atoms with E-state index in [1.165, 1.54) is 5.56 Å². The molecule has 1 aromatic heterocycles. The van der Waals surface area contributed by atoms with Crippen molar-refractivity contribution >= 4 is 11.6 Å². The first kappa shape index (κ1) is 15.2. The van der Waals surface area contributed by atoms with E-state index >= 15 is 0 Å². The fourth-order valence-corrected chi connectivity index (χ4v) is 2.83. The summed E-state index contributed by atoms with van der Waals surface area (Å²) >= 11 is 0. The van der Waals surface area contributed by atoms with Gasteiger partial charge < -0.3 is 10.1 Å². The minimum absolute atomic E-state index is 0.107. The van der Waals surface area contributed by atoms with Crippen molar-refractivity contribution < 1.29 is 9.53 Å². The number of para-hydroxylation sites is 2. The zero-order valence-electron chi connectivity index (χ0n) is 13.8. The molecule has 2 atom stereocenters. The minimum Gasteiger partial charge on any atom is -0.490 e. The number of ether oxygens (including phenoxy) is 1. The first-order valence-corrected chi connectivity index (χ1v) is 8.43. The van der Waals surface area contributed by atoms with Crippen LogP contribution in [0.4, 0.5) is 5.69 Å². The van der Waals surface area contributed by atoms with Gasteiger partial charge in [-0.3, -0.25) is 14.4 Å². The second-order valence-electron chi connectivity index (χ2n) is 6.68. The summed E-state index contributed by atoms with van der Waals surface area (Å²) in [5.74, 6) is 1.05. The standard InChI is InChI=1S/C18H22N4O2/c1-21-9-13(8-19-21)10-22-11-15(22)12-24-17-5-3-2-4-16(17)20-18(23)14-6-7-14/h2-5,8-9,14-15H,6-7,10-12H2,1H3,(H,20,23). The van der Waals surface area contributed by atoms with Gasteiger partial charge in [0, 0.05) is 37.8 Å². The van der Waals surface area contributed by atoms with Gasteiger partial charge in [0.2, 0.25) is 5.91 Å². The highest BCUT2D eigenvalue weighted by Gasteiger charge is 2.35. The van der Waals surface area contributed by atoms with E-state index in [1.807, 2.05) is 48.4 Å². The lowest BCUT2D eigenvalue weighted by atomic mass is 10.2. The Labute approximate surface area is 141 Å². The third-order valence-electron chi connectivity index (χ3n) is 4.50. The van der Waals surface area contributed by atoms with Gasteiger partial charge in [-0.05, 0) is 25.0 Å². The number of benzene rings is 1. The largest absolute Gasteiger partial charge is 0.490 e. The number of carbonyl (C=O) groups is 1. The summed E-state index contributed by atoms with van der Waals surface area (Å²) in [6.45, 7) is 2.57. The van der Waals surface area contributed by atoms with Crippen LogP contribution >= 0.6 is 0 Å². The summed E-state index contributed by atoms with van der Waals surface area (Å²) in [5.41, 5.74) is 1.99. The van der Waals surface area contributed by atoms with Crippen LogP contribution in [0.5, 0.6) is 5.75 Å². The minimum atomic E-state index is 0.107. The number of aryl methyl sites for hydroxylation is 1. The normalized spacial score (nSPS) is 22.2. The molecule has 24 heavy (non-hydrogen) atoms. The summed E-state index contributed by atoms with van der Waals surface area (Å²) in [6, 6.07) is 8.09. The molecule has 2 heterocycles. The van der Waals surface area contributed by atoms with Crippen molar-refractivity contribution in [3.8, 4) is 5.75 Å². The van der Waals surface area contributed by atoms with E-state index in [-0.39, 0.29) is 11.8 Å². The maximum atomic E-state index is 12.0. The molecule has 1 saturated heterocycles. The fourth-order valence-electron chi connectivity index (χ4n) is 2.83. The number of nitrogens with zero attached hydrogens (tertiary/aromatic N) is 3. The van der Waals surface area contributed by atoms with Crippen LogP contribution in [0.1, 0.15) is 18.4 Å². The molecule has 126 valence electrons. The number of hydrogen-bond acceptors (Lipinski definition) is 4. The van der Waals surface area contributed by atoms with Crippen LogP contribution in [-0.2, 0) is 18.4 Å². The molecular weight excluding hydrogens is 304 g/mol. The number of carbonyl (C=O) groups excluding carboxylic acids is 1. The summed E-state index contributed by atoms with van der Waals surface area (Å²) in [4.78, 5) is 14.3. The molecule has 2 unspecified atom stereocenters. The first-order chi connectivity index (χ1) is 11.7. The maximum absolute atomic E-state index is 12.0. The van der Waals surface area contributed by atoms with Crippen LogP contribution in [0, 0.1) is 5.92 Å². The highest BCUT2D eigenvalue weighted by molar-refractivity contribution is 5.95. The Bertz CT molecular complexity index is 738. The van der Waals surface area contributed by atoms with Crippen molar-refractivity contribution in [3.63, 3.8) is 0 Å². The third-order valence-corrected chi connectivity index (χ3v) is 4.50. The Morgan fingerprint density at radius 3 is 2.96 bits per heavy atom. The Hall–Kier alpha value is -2.34. The van der Waals surface area contributed by atoms with Crippen molar-refractivity contribution in [2.24, 2.45) is 13.0 Å². The maximum Gasteiger partial charge on any atom is 0.227 e. The van der Waals surface area contributed by atoms with Gasteiger partial charge >= 0.3 is 0 Å². The van der Waals surface area contributed by atoms with Gasteiger partial charge in [0.1, 0.15) is 12.4 Å². The van der Waals surface area contributed by atoms with E-state index in [4.69, 9.17) is 4.74 Å². The van der Waals surface area contributed by atoms with Crippen LogP contribution in [0.2, 0.25) is 0 Å². The molecule has 2 fully saturated rings. The average molecular weight is 326 g/mol. The number of aromatic nitrogens is 2. The summed E-state index contributed by atoms with van der Waals surface area (Å²) in [5, 5.41) is 7.17. The molecular formula is C18H22N4O2. The van der Waals surface area contributed by atoms with Gasteiger partial charge in [-0.15, -0.1) is 0 Å². The molecule has 6 heteroatoms. The SMILES string of the molecule is Cn1cc(CN2CC2COc2ccccc2NC(=O)C2CC2)cn1. The number of hydrogen-bond donors (Lipinski definition) is 1. The van der Waals surface area contributed by atoms with Crippen LogP contribution in [0.25, 0.3) is 0 Å². The van der Waals surface area contributed by atoms with Crippen molar-refractivity contribution in [1.82, 2.24) is 14.7 Å². The van der Waals surface area contributed by atoms with Gasteiger partial charge in [0.15, 0.2) is 0 Å². The van der Waals surface area contributed by atoms with Crippen LogP contribution in [0.15, 0.2) is 36.7 Å². The predicted molar refractivity (Wildman–Crippen MR) is 90.7 cm³/mol. The average Bonchev–Trinajstić information content (AvgIpc) is 3.47. The monoisotopic (exact) mass is 326 g/mol. The van der Waals surface area contributed by atoms with Crippen LogP contribution in [0.3, 0.4) is 0 Å². The molecule has 6 nitrogen and oxygen atoms in total. The smallest absolute Gasteiger partial charge is 0.227 e. The summed E-state index contributed by atoms with van der Waals surface area (Å²) < 4.78 is 7.78. The van der Waals surface area contributed by atoms with Crippen LogP contribution < -0.4 is 10.1 Å². The van der Waals surface area contributed by atoms with Crippen molar-refractivity contribution in [2.45, 2.75) is 25.4 Å². The Morgan fingerprint density at radius 1 is 1.38 bits per heavy atom. The number of rotatable bonds is 7. The predicted octanol–water partition coefficient (Wildman–Crippen LogP) is 2.03. The topological polar surface area (TPSA) is 59.2 Å². The number of amides is 1. The molecule has 2 aromatic rings. The Kier molecular flexibility index (Phi) is 3.98. The molecule has 1 N–H and O–H groups in total. The summed E-state index contributed by atoms with van der Waals surface area (Å²) in [7, 11) is 1.93. The highest BCUT2D eigenvalue weighted by Crippen LogP contribution is 2.32. The fraction of sp³-hybridized carbons (Fsp3) is 0.444. The molecule has 0 radical (unpaired) electrons. The van der Waals surface area contributed by atoms with Gasteiger partial charge in [-0.25, -0.2) is 0 Å². The number of nitrogens with one attached hydrogen (secondary N) is 1. The van der Waals surface area contributed by atoms with Gasteiger partial charge in [0.05, 0.1) is 17.9 Å². The van der Waals surface area contributed by atoms with Crippen molar-refractivity contribution in [2.75, 3.05) is 18.5 Å². The Balaban J connectivity index is 1.29. The molecule has 1 aliphatic heterocycles. The van der Waals surface area contributed by atoms with Gasteiger partial charge in [-0.2, -0.15) is 5.10 Å². The Morgan fingerprint density at radius 2 is 2.21 bits per heavy atom. The second kappa shape index (κ2) is 6.28. The van der Waals surface area contributed by atoms with Crippen molar-refractivity contribution in [3.05, 3.63) is 42.2 Å². The highest BCUT2D eigenvalue weighted by atomic mass is 16.5. The van der Waals surface area contributed by atoms with Gasteiger partial charge in [0.25, 0.3) is 0 Å². The molecule has 2 aliphatic rings. The van der Waals surface area contributed by atoms with E-state index in [9.17, 15) is 4.79 Å². The number of anilines is 1. The van der Waals surface area contributed by atoms with E-state index in [1.54, 1.807) is 0 Å². The van der Waals surface area contributed by atoms with E-state index in [0.29, 0.717) is 12.6 Å². The molecule has 0 bridgehead atoms. The second-order valence-corrected chi connectivity index (χ2v) is 6.68. The first-order valence-electron chi connectivity index (χ1n) is 8.43. The lowest BCUT2D eigenvalue weighted by Gasteiger charge is -2.12. The lowest BCUT2D eigenvalue weighted by molar-refractivity contribution is -0.117. The van der Waals surface area contributed by atoms with Crippen LogP contribution in [-0.4, -0.2) is 39.8 Å². The molecule has 1 saturated carbocycles. The molecule has 4 rings (SSSR count). The third kappa shape index (κ3) is 3.59. The zero-order valence-corrected chi connectivity index (χ0v) is 13.8.